The third-order valence-corrected chi connectivity index (χ3v) is 4.55. The normalized spacial score (nSPS) is 12.7. The topological polar surface area (TPSA) is 89.3 Å². The maximum Gasteiger partial charge on any atom is 0.289 e. The molecule has 1 unspecified atom stereocenters. The summed E-state index contributed by atoms with van der Waals surface area (Å²) < 4.78 is 26.7. The molecule has 0 fully saturated rings. The molecular weight excluding hydrogens is 304 g/mol. The van der Waals surface area contributed by atoms with Crippen molar-refractivity contribution in [1.29, 1.82) is 0 Å². The van der Waals surface area contributed by atoms with Crippen LogP contribution in [-0.2, 0) is 10.0 Å². The number of hydrogen-bond donors (Lipinski definition) is 1. The Labute approximate surface area is 122 Å². The van der Waals surface area contributed by atoms with E-state index in [1.165, 1.54) is 13.0 Å². The molecular formula is C12H13ClN2O4S. The summed E-state index contributed by atoms with van der Waals surface area (Å²) in [6.45, 7) is 3.12. The highest BCUT2D eigenvalue weighted by Crippen LogP contribution is 2.30. The van der Waals surface area contributed by atoms with Crippen LogP contribution in [0.25, 0.3) is 0 Å². The van der Waals surface area contributed by atoms with Crippen LogP contribution in [0.1, 0.15) is 18.9 Å². The summed E-state index contributed by atoms with van der Waals surface area (Å²) >= 11 is 5.72. The first-order valence-electron chi connectivity index (χ1n) is 5.59. The molecule has 0 bridgehead atoms. The highest BCUT2D eigenvalue weighted by Gasteiger charge is 2.24. The van der Waals surface area contributed by atoms with Gasteiger partial charge in [0, 0.05) is 18.5 Å². The number of nitro benzene ring substituents is 1. The minimum absolute atomic E-state index is 0.108. The first kappa shape index (κ1) is 16.4. The lowest BCUT2D eigenvalue weighted by molar-refractivity contribution is -0.384. The predicted octanol–water partition coefficient (Wildman–Crippen LogP) is 2.25. The van der Waals surface area contributed by atoms with Crippen LogP contribution < -0.4 is 4.72 Å². The van der Waals surface area contributed by atoms with Crippen LogP contribution in [0.2, 0.25) is 5.02 Å². The third-order valence-electron chi connectivity index (χ3n) is 2.51. The van der Waals surface area contributed by atoms with Crippen LogP contribution in [0.3, 0.4) is 0 Å². The fourth-order valence-electron chi connectivity index (χ4n) is 1.62. The average molecular weight is 317 g/mol. The van der Waals surface area contributed by atoms with E-state index >= 15 is 0 Å². The van der Waals surface area contributed by atoms with E-state index in [1.54, 1.807) is 6.92 Å². The van der Waals surface area contributed by atoms with Gasteiger partial charge in [-0.05, 0) is 25.5 Å². The van der Waals surface area contributed by atoms with E-state index in [-0.39, 0.29) is 16.3 Å². The van der Waals surface area contributed by atoms with Gasteiger partial charge in [-0.25, -0.2) is 13.1 Å². The Hall–Kier alpha value is -1.62. The van der Waals surface area contributed by atoms with Gasteiger partial charge in [-0.3, -0.25) is 10.1 Å². The second kappa shape index (κ2) is 6.22. The summed E-state index contributed by atoms with van der Waals surface area (Å²) in [5.74, 6) is 2.34. The number of aryl methyl sites for hydroxylation is 1. The molecule has 0 aliphatic rings. The average Bonchev–Trinajstić information content (AvgIpc) is 2.27. The molecule has 0 spiro atoms. The van der Waals surface area contributed by atoms with Crippen molar-refractivity contribution < 1.29 is 13.3 Å². The Kier molecular flexibility index (Phi) is 5.11. The van der Waals surface area contributed by atoms with Gasteiger partial charge in [-0.2, -0.15) is 0 Å². The number of nitro groups is 1. The SMILES string of the molecule is C#CCC(C)NS(=O)(=O)c1cc([N+](=O)[O-])c(Cl)cc1C. The van der Waals surface area contributed by atoms with Crippen molar-refractivity contribution >= 4 is 27.3 Å². The molecule has 0 heterocycles. The van der Waals surface area contributed by atoms with Gasteiger partial charge in [0.2, 0.25) is 10.0 Å². The Bertz CT molecular complexity index is 679. The molecule has 0 saturated heterocycles. The van der Waals surface area contributed by atoms with E-state index in [9.17, 15) is 18.5 Å². The number of halogens is 1. The Morgan fingerprint density at radius 3 is 2.65 bits per heavy atom. The molecule has 0 amide bonds. The zero-order valence-electron chi connectivity index (χ0n) is 10.9. The molecule has 8 heteroatoms. The van der Waals surface area contributed by atoms with Crippen LogP contribution in [0.4, 0.5) is 5.69 Å². The first-order valence-corrected chi connectivity index (χ1v) is 7.45. The van der Waals surface area contributed by atoms with Gasteiger partial charge in [-0.1, -0.05) is 11.6 Å². The van der Waals surface area contributed by atoms with Crippen molar-refractivity contribution in [2.75, 3.05) is 0 Å². The maximum absolute atomic E-state index is 12.2. The van der Waals surface area contributed by atoms with Crippen molar-refractivity contribution in [1.82, 2.24) is 4.72 Å². The van der Waals surface area contributed by atoms with E-state index in [0.29, 0.717) is 5.56 Å². The number of nitrogens with one attached hydrogen (secondary N) is 1. The quantitative estimate of drug-likeness (QED) is 0.512. The van der Waals surface area contributed by atoms with Gasteiger partial charge in [0.1, 0.15) is 5.02 Å². The summed E-state index contributed by atoms with van der Waals surface area (Å²) in [5, 5.41) is 10.7. The molecule has 1 atom stereocenters. The van der Waals surface area contributed by atoms with Gasteiger partial charge >= 0.3 is 0 Å². The van der Waals surface area contributed by atoms with Gasteiger partial charge < -0.3 is 0 Å². The highest BCUT2D eigenvalue weighted by atomic mass is 35.5. The van der Waals surface area contributed by atoms with Gasteiger partial charge in [0.15, 0.2) is 0 Å². The minimum Gasteiger partial charge on any atom is -0.258 e. The summed E-state index contributed by atoms with van der Waals surface area (Å²) in [7, 11) is -3.89. The second-order valence-electron chi connectivity index (χ2n) is 4.26. The molecule has 0 aliphatic carbocycles. The molecule has 1 N–H and O–H groups in total. The second-order valence-corrected chi connectivity index (χ2v) is 6.35. The van der Waals surface area contributed by atoms with Crippen LogP contribution in [0.15, 0.2) is 17.0 Å². The number of sulfonamides is 1. The van der Waals surface area contributed by atoms with E-state index in [2.05, 4.69) is 10.6 Å². The van der Waals surface area contributed by atoms with Crippen LogP contribution in [-0.4, -0.2) is 19.4 Å². The largest absolute Gasteiger partial charge is 0.289 e. The Morgan fingerprint density at radius 1 is 1.55 bits per heavy atom. The monoisotopic (exact) mass is 316 g/mol. The smallest absolute Gasteiger partial charge is 0.258 e. The number of hydrogen-bond acceptors (Lipinski definition) is 4. The third kappa shape index (κ3) is 3.70. The highest BCUT2D eigenvalue weighted by molar-refractivity contribution is 7.89. The van der Waals surface area contributed by atoms with Gasteiger partial charge in [-0.15, -0.1) is 12.3 Å². The molecule has 6 nitrogen and oxygen atoms in total. The number of benzene rings is 1. The van der Waals surface area contributed by atoms with Crippen molar-refractivity contribution in [3.63, 3.8) is 0 Å². The van der Waals surface area contributed by atoms with E-state index < -0.39 is 26.7 Å². The maximum atomic E-state index is 12.2. The minimum atomic E-state index is -3.89. The summed E-state index contributed by atoms with van der Waals surface area (Å²) in [6, 6.07) is 1.72. The fraction of sp³-hybridized carbons (Fsp3) is 0.333. The predicted molar refractivity (Wildman–Crippen MR) is 76.1 cm³/mol. The molecule has 20 heavy (non-hydrogen) atoms. The summed E-state index contributed by atoms with van der Waals surface area (Å²) in [5.41, 5.74) is -0.136. The molecule has 108 valence electrons. The number of nitrogens with zero attached hydrogens (tertiary/aromatic N) is 1. The Balaban J connectivity index is 3.29. The number of rotatable bonds is 5. The lowest BCUT2D eigenvalue weighted by Gasteiger charge is -2.13. The van der Waals surface area contributed by atoms with E-state index in [4.69, 9.17) is 18.0 Å². The van der Waals surface area contributed by atoms with Crippen LogP contribution in [0, 0.1) is 29.4 Å². The fourth-order valence-corrected chi connectivity index (χ4v) is 3.40. The molecule has 0 aromatic heterocycles. The van der Waals surface area contributed by atoms with Crippen molar-refractivity contribution in [3.05, 3.63) is 32.8 Å². The van der Waals surface area contributed by atoms with Gasteiger partial charge in [0.05, 0.1) is 9.82 Å². The summed E-state index contributed by atoms with van der Waals surface area (Å²) in [4.78, 5) is 9.90. The zero-order valence-corrected chi connectivity index (χ0v) is 12.5. The first-order chi connectivity index (χ1) is 9.19. The molecule has 1 rings (SSSR count). The summed E-state index contributed by atoms with van der Waals surface area (Å²) in [6.07, 6.45) is 5.33. The van der Waals surface area contributed by atoms with E-state index in [0.717, 1.165) is 6.07 Å². The lowest BCUT2D eigenvalue weighted by Crippen LogP contribution is -2.32. The van der Waals surface area contributed by atoms with Crippen LogP contribution >= 0.6 is 11.6 Å². The van der Waals surface area contributed by atoms with Crippen molar-refractivity contribution in [2.45, 2.75) is 31.2 Å². The zero-order chi connectivity index (χ0) is 15.5. The molecule has 1 aromatic rings. The number of terminal acetylenes is 1. The van der Waals surface area contributed by atoms with E-state index in [1.807, 2.05) is 0 Å². The standard InChI is InChI=1S/C12H13ClN2O4S/c1-4-5-9(3)14-20(18,19)12-7-11(15(16)17)10(13)6-8(12)2/h1,6-7,9,14H,5H2,2-3H3. The lowest BCUT2D eigenvalue weighted by atomic mass is 10.2. The van der Waals surface area contributed by atoms with Crippen LogP contribution in [0.5, 0.6) is 0 Å². The Morgan fingerprint density at radius 2 is 2.15 bits per heavy atom. The van der Waals surface area contributed by atoms with Crippen molar-refractivity contribution in [3.8, 4) is 12.3 Å². The van der Waals surface area contributed by atoms with Gasteiger partial charge in [0.25, 0.3) is 5.69 Å². The van der Waals surface area contributed by atoms with Crippen molar-refractivity contribution in [2.24, 2.45) is 0 Å². The molecule has 0 radical (unpaired) electrons. The molecule has 1 aromatic carbocycles. The molecule has 0 aliphatic heterocycles. The molecule has 0 saturated carbocycles.